The van der Waals surface area contributed by atoms with E-state index in [2.05, 4.69) is 31.2 Å². The van der Waals surface area contributed by atoms with E-state index >= 15 is 0 Å². The van der Waals surface area contributed by atoms with E-state index in [-0.39, 0.29) is 13.0 Å². The van der Waals surface area contributed by atoms with Gasteiger partial charge in [0.2, 0.25) is 5.34 Å². The number of nitrogens with zero attached hydrogens (tertiary/aromatic N) is 1. The van der Waals surface area contributed by atoms with Gasteiger partial charge in [0.1, 0.15) is 6.54 Å². The highest BCUT2D eigenvalue weighted by Crippen LogP contribution is 2.52. The number of allylic oxidation sites excluding steroid dienone is 4. The van der Waals surface area contributed by atoms with E-state index in [1.807, 2.05) is 21.1 Å². The fourth-order valence-electron chi connectivity index (χ4n) is 3.96. The highest BCUT2D eigenvalue weighted by Gasteiger charge is 2.48. The molecule has 0 aromatic carbocycles. The minimum absolute atomic E-state index is 0.0441. The molecule has 0 amide bonds. The minimum Gasteiger partial charge on any atom is -0.373 e. The van der Waals surface area contributed by atoms with Gasteiger partial charge in [0.15, 0.2) is 0 Å². The smallest absolute Gasteiger partial charge is 0.362 e. The van der Waals surface area contributed by atoms with Crippen molar-refractivity contribution in [2.45, 2.75) is 115 Å². The summed E-state index contributed by atoms with van der Waals surface area (Å²) in [5.74, 6) is 0. The SMILES string of the molecule is CCCCCC/C=C\CCCCCCC/C=C\CCCCC(O)(C[N+](C)(C)C)P(=O)(O)O. The lowest BCUT2D eigenvalue weighted by Gasteiger charge is -2.35. The molecule has 0 heterocycles. The van der Waals surface area contributed by atoms with Crippen molar-refractivity contribution in [2.75, 3.05) is 27.7 Å². The Balaban J connectivity index is 3.69. The maximum Gasteiger partial charge on any atom is 0.362 e. The lowest BCUT2D eigenvalue weighted by Crippen LogP contribution is -2.49. The summed E-state index contributed by atoms with van der Waals surface area (Å²) in [7, 11) is 0.931. The molecule has 6 heteroatoms. The zero-order valence-electron chi connectivity index (χ0n) is 21.5. The molecular weight excluding hydrogens is 421 g/mol. The van der Waals surface area contributed by atoms with Crippen LogP contribution in [0.3, 0.4) is 0 Å². The van der Waals surface area contributed by atoms with Crippen LogP contribution in [-0.2, 0) is 4.57 Å². The van der Waals surface area contributed by atoms with Crippen LogP contribution in [0.25, 0.3) is 0 Å². The zero-order valence-corrected chi connectivity index (χ0v) is 22.4. The third kappa shape index (κ3) is 18.0. The number of hydrogen-bond donors (Lipinski definition) is 3. The van der Waals surface area contributed by atoms with Crippen molar-refractivity contribution >= 4 is 7.60 Å². The highest BCUT2D eigenvalue weighted by atomic mass is 31.2. The third-order valence-electron chi connectivity index (χ3n) is 5.77. The Morgan fingerprint density at radius 2 is 1.06 bits per heavy atom. The molecule has 0 saturated heterocycles. The van der Waals surface area contributed by atoms with Crippen LogP contribution >= 0.6 is 7.60 Å². The van der Waals surface area contributed by atoms with Crippen LogP contribution in [0.1, 0.15) is 110 Å². The fraction of sp³-hybridized carbons (Fsp3) is 0.846. The quantitative estimate of drug-likeness (QED) is 0.0729. The van der Waals surface area contributed by atoms with E-state index in [0.29, 0.717) is 10.9 Å². The van der Waals surface area contributed by atoms with Gasteiger partial charge in [0.05, 0.1) is 21.1 Å². The Morgan fingerprint density at radius 1 is 0.688 bits per heavy atom. The summed E-state index contributed by atoms with van der Waals surface area (Å²) in [5.41, 5.74) is 0. The summed E-state index contributed by atoms with van der Waals surface area (Å²) in [4.78, 5) is 19.2. The largest absolute Gasteiger partial charge is 0.373 e. The van der Waals surface area contributed by atoms with Crippen LogP contribution < -0.4 is 0 Å². The van der Waals surface area contributed by atoms with Gasteiger partial charge in [-0.15, -0.1) is 0 Å². The van der Waals surface area contributed by atoms with Gasteiger partial charge in [0.25, 0.3) is 0 Å². The Kier molecular flexibility index (Phi) is 17.7. The van der Waals surface area contributed by atoms with E-state index < -0.39 is 12.9 Å². The van der Waals surface area contributed by atoms with Gasteiger partial charge in [-0.25, -0.2) is 0 Å². The minimum atomic E-state index is -4.56. The molecule has 0 fully saturated rings. The van der Waals surface area contributed by atoms with Crippen LogP contribution in [0.4, 0.5) is 0 Å². The molecule has 0 spiro atoms. The first kappa shape index (κ1) is 31.6. The van der Waals surface area contributed by atoms with Crippen molar-refractivity contribution in [1.29, 1.82) is 0 Å². The molecular formula is C26H53NO4P+. The standard InChI is InChI=1S/C26H52NO4P/c1-5-6-7-8-9-10-11-12-13-14-15-16-17-18-19-20-21-22-23-24-26(28,32(29,30)31)25-27(2,3)4/h10-11,19-20,28H,5-9,12-18,21-25H2,1-4H3,(H-,29,30,31)/p+1/b11-10-,20-19-. The van der Waals surface area contributed by atoms with Crippen molar-refractivity contribution in [3.63, 3.8) is 0 Å². The van der Waals surface area contributed by atoms with E-state index in [4.69, 9.17) is 0 Å². The average molecular weight is 475 g/mol. The summed E-state index contributed by atoms with van der Waals surface area (Å²) in [5, 5.41) is 8.60. The molecule has 3 N–H and O–H groups in total. The Morgan fingerprint density at radius 3 is 1.44 bits per heavy atom. The number of rotatable bonds is 21. The monoisotopic (exact) mass is 474 g/mol. The summed E-state index contributed by atoms with van der Waals surface area (Å²) in [6.45, 7) is 2.30. The van der Waals surface area contributed by atoms with Gasteiger partial charge in [-0.3, -0.25) is 4.57 Å². The second-order valence-electron chi connectivity index (χ2n) is 10.4. The highest BCUT2D eigenvalue weighted by molar-refractivity contribution is 7.53. The maximum absolute atomic E-state index is 11.8. The molecule has 0 aliphatic carbocycles. The van der Waals surface area contributed by atoms with Gasteiger partial charge in [-0.05, 0) is 64.2 Å². The topological polar surface area (TPSA) is 77.8 Å². The van der Waals surface area contributed by atoms with Gasteiger partial charge >= 0.3 is 7.60 Å². The van der Waals surface area contributed by atoms with Gasteiger partial charge in [0, 0.05) is 0 Å². The van der Waals surface area contributed by atoms with Crippen molar-refractivity contribution in [3.8, 4) is 0 Å². The lowest BCUT2D eigenvalue weighted by molar-refractivity contribution is -0.875. The van der Waals surface area contributed by atoms with E-state index in [0.717, 1.165) is 19.3 Å². The molecule has 190 valence electrons. The molecule has 5 nitrogen and oxygen atoms in total. The van der Waals surface area contributed by atoms with E-state index in [1.54, 1.807) is 0 Å². The van der Waals surface area contributed by atoms with Gasteiger partial charge < -0.3 is 19.4 Å². The first-order valence-electron chi connectivity index (χ1n) is 12.9. The number of likely N-dealkylation sites (N-methyl/N-ethyl adjacent to an activating group) is 1. The molecule has 0 aromatic heterocycles. The Bertz CT molecular complexity index is 551. The van der Waals surface area contributed by atoms with Crippen molar-refractivity contribution < 1.29 is 23.9 Å². The summed E-state index contributed by atoms with van der Waals surface area (Å²) in [6.07, 6.45) is 27.0. The maximum atomic E-state index is 11.8. The second-order valence-corrected chi connectivity index (χ2v) is 12.3. The molecule has 1 unspecified atom stereocenters. The molecule has 1 atom stereocenters. The lowest BCUT2D eigenvalue weighted by atomic mass is 10.1. The van der Waals surface area contributed by atoms with Crippen molar-refractivity contribution in [2.24, 2.45) is 0 Å². The predicted octanol–water partition coefficient (Wildman–Crippen LogP) is 6.93. The van der Waals surface area contributed by atoms with E-state index in [1.165, 1.54) is 70.6 Å². The summed E-state index contributed by atoms with van der Waals surface area (Å²) in [6, 6.07) is 0. The van der Waals surface area contributed by atoms with Gasteiger partial charge in [-0.2, -0.15) is 0 Å². The Labute approximate surface area is 198 Å². The summed E-state index contributed by atoms with van der Waals surface area (Å²) < 4.78 is 12.1. The molecule has 32 heavy (non-hydrogen) atoms. The molecule has 0 saturated carbocycles. The molecule has 0 aliphatic rings. The van der Waals surface area contributed by atoms with Crippen LogP contribution in [0.5, 0.6) is 0 Å². The summed E-state index contributed by atoms with van der Waals surface area (Å²) >= 11 is 0. The van der Waals surface area contributed by atoms with Crippen LogP contribution in [-0.4, -0.2) is 52.4 Å². The predicted molar refractivity (Wildman–Crippen MR) is 138 cm³/mol. The number of aliphatic hydroxyl groups is 1. The van der Waals surface area contributed by atoms with Crippen LogP contribution in [0.2, 0.25) is 0 Å². The number of quaternary nitrogens is 1. The van der Waals surface area contributed by atoms with Crippen LogP contribution in [0.15, 0.2) is 24.3 Å². The zero-order chi connectivity index (χ0) is 24.3. The molecule has 0 radical (unpaired) electrons. The number of hydrogen-bond acceptors (Lipinski definition) is 2. The molecule has 0 aromatic rings. The van der Waals surface area contributed by atoms with Gasteiger partial charge in [-0.1, -0.05) is 69.8 Å². The van der Waals surface area contributed by atoms with Crippen molar-refractivity contribution in [1.82, 2.24) is 0 Å². The number of unbranched alkanes of at least 4 members (excludes halogenated alkanes) is 12. The third-order valence-corrected chi connectivity index (χ3v) is 7.22. The first-order valence-corrected chi connectivity index (χ1v) is 14.5. The van der Waals surface area contributed by atoms with E-state index in [9.17, 15) is 19.5 Å². The Hall–Kier alpha value is -0.450. The second kappa shape index (κ2) is 18.0. The average Bonchev–Trinajstić information content (AvgIpc) is 2.67. The molecule has 0 rings (SSSR count). The molecule has 0 aliphatic heterocycles. The van der Waals surface area contributed by atoms with Crippen molar-refractivity contribution in [3.05, 3.63) is 24.3 Å². The molecule has 0 bridgehead atoms. The normalized spacial score (nSPS) is 15.1. The fourth-order valence-corrected chi connectivity index (χ4v) is 5.02. The first-order chi connectivity index (χ1) is 15.0. The van der Waals surface area contributed by atoms with Crippen LogP contribution in [0, 0.1) is 0 Å².